The van der Waals surface area contributed by atoms with Gasteiger partial charge in [-0.1, -0.05) is 6.07 Å². The van der Waals surface area contributed by atoms with E-state index in [1.807, 2.05) is 29.8 Å². The monoisotopic (exact) mass is 461 g/mol. The fraction of sp³-hybridized carbons (Fsp3) is 0.160. The number of nitriles is 1. The maximum Gasteiger partial charge on any atom is 0.274 e. The first-order valence-corrected chi connectivity index (χ1v) is 10.4. The second kappa shape index (κ2) is 9.19. The lowest BCUT2D eigenvalue weighted by Gasteiger charge is -2.19. The molecule has 1 N–H and O–H groups in total. The maximum atomic E-state index is 14.4. The minimum Gasteiger partial charge on any atom is -0.494 e. The summed E-state index contributed by atoms with van der Waals surface area (Å²) >= 11 is 0. The first-order valence-electron chi connectivity index (χ1n) is 10.4. The van der Waals surface area contributed by atoms with Crippen molar-refractivity contribution in [2.75, 3.05) is 12.4 Å². The number of benzene rings is 2. The van der Waals surface area contributed by atoms with Crippen molar-refractivity contribution in [1.29, 1.82) is 5.26 Å². The minimum atomic E-state index is -0.775. The highest BCUT2D eigenvalue weighted by molar-refractivity contribution is 5.65. The van der Waals surface area contributed by atoms with Crippen LogP contribution in [-0.2, 0) is 0 Å². The second-order valence-electron chi connectivity index (χ2n) is 7.74. The summed E-state index contributed by atoms with van der Waals surface area (Å²) in [7, 11) is 1.54. The van der Waals surface area contributed by atoms with Crippen LogP contribution in [0.1, 0.15) is 29.8 Å². The van der Waals surface area contributed by atoms with Crippen molar-refractivity contribution >= 4 is 11.4 Å². The Morgan fingerprint density at radius 2 is 1.94 bits per heavy atom. The number of halogens is 2. The Balaban J connectivity index is 1.73. The van der Waals surface area contributed by atoms with Gasteiger partial charge in [0.1, 0.15) is 29.1 Å². The predicted molar refractivity (Wildman–Crippen MR) is 124 cm³/mol. The van der Waals surface area contributed by atoms with Gasteiger partial charge in [0, 0.05) is 35.8 Å². The van der Waals surface area contributed by atoms with Crippen LogP contribution in [0.4, 0.5) is 20.2 Å². The van der Waals surface area contributed by atoms with Crippen molar-refractivity contribution in [3.8, 4) is 17.5 Å². The number of nitrogens with one attached hydrogen (secondary N) is 1. The van der Waals surface area contributed by atoms with Crippen LogP contribution in [0.15, 0.2) is 66.0 Å². The van der Waals surface area contributed by atoms with E-state index >= 15 is 0 Å². The van der Waals surface area contributed by atoms with E-state index in [0.29, 0.717) is 11.4 Å². The van der Waals surface area contributed by atoms with Gasteiger partial charge in [0.05, 0.1) is 36.4 Å². The van der Waals surface area contributed by atoms with Gasteiger partial charge in [-0.3, -0.25) is 4.79 Å². The fourth-order valence-corrected chi connectivity index (χ4v) is 3.71. The van der Waals surface area contributed by atoms with Crippen LogP contribution in [0.25, 0.3) is 5.69 Å². The molecular formula is C25H21F2N5O2. The molecule has 0 radical (unpaired) electrons. The lowest BCUT2D eigenvalue weighted by Crippen LogP contribution is -2.26. The van der Waals surface area contributed by atoms with Crippen LogP contribution in [0.5, 0.6) is 5.75 Å². The van der Waals surface area contributed by atoms with Crippen LogP contribution >= 0.6 is 0 Å². The van der Waals surface area contributed by atoms with Crippen molar-refractivity contribution in [3.63, 3.8) is 0 Å². The molecule has 0 aliphatic heterocycles. The van der Waals surface area contributed by atoms with Gasteiger partial charge < -0.3 is 19.2 Å². The SMILES string of the molecule is COc1cc(Nc2cc(C#N)cn([C@@H](C)c3ccc(F)cc3F)c2=O)ccc1-n1cnc(C)c1. The summed E-state index contributed by atoms with van der Waals surface area (Å²) in [5, 5.41) is 12.5. The molecule has 4 rings (SSSR count). The van der Waals surface area contributed by atoms with Crippen LogP contribution in [-0.4, -0.2) is 21.2 Å². The number of rotatable bonds is 6. The van der Waals surface area contributed by atoms with E-state index in [4.69, 9.17) is 4.74 Å². The highest BCUT2D eigenvalue weighted by Crippen LogP contribution is 2.29. The highest BCUT2D eigenvalue weighted by Gasteiger charge is 2.18. The fourth-order valence-electron chi connectivity index (χ4n) is 3.71. The number of aryl methyl sites for hydroxylation is 1. The average Bonchev–Trinajstić information content (AvgIpc) is 3.25. The third-order valence-electron chi connectivity index (χ3n) is 5.45. The Morgan fingerprint density at radius 1 is 1.15 bits per heavy atom. The van der Waals surface area contributed by atoms with E-state index in [1.165, 1.54) is 30.0 Å². The van der Waals surface area contributed by atoms with E-state index < -0.39 is 23.2 Å². The van der Waals surface area contributed by atoms with Gasteiger partial charge in [-0.2, -0.15) is 5.26 Å². The number of imidazole rings is 1. The minimum absolute atomic E-state index is 0.127. The first-order chi connectivity index (χ1) is 16.3. The largest absolute Gasteiger partial charge is 0.494 e. The molecular weight excluding hydrogens is 440 g/mol. The number of hydrogen-bond donors (Lipinski definition) is 1. The highest BCUT2D eigenvalue weighted by atomic mass is 19.1. The van der Waals surface area contributed by atoms with Crippen LogP contribution in [0.2, 0.25) is 0 Å². The Bertz CT molecular complexity index is 1470. The molecule has 172 valence electrons. The van der Waals surface area contributed by atoms with E-state index in [1.54, 1.807) is 25.4 Å². The Hall–Kier alpha value is -4.45. The standard InChI is InChI=1S/C25H21F2N5O2/c1-15-12-31(14-29-15)23-7-5-19(10-24(23)34-3)30-22-8-17(11-28)13-32(25(22)33)16(2)20-6-4-18(26)9-21(20)27/h4-10,12-14,16,30H,1-3H3/t16-/m0/s1. The molecule has 0 saturated heterocycles. The molecule has 0 spiro atoms. The van der Waals surface area contributed by atoms with Gasteiger partial charge in [-0.15, -0.1) is 0 Å². The summed E-state index contributed by atoms with van der Waals surface area (Å²) < 4.78 is 36.3. The molecule has 0 unspecified atom stereocenters. The number of pyridine rings is 1. The van der Waals surface area contributed by atoms with Crippen molar-refractivity contribution in [3.05, 3.63) is 100.0 Å². The van der Waals surface area contributed by atoms with Crippen molar-refractivity contribution in [1.82, 2.24) is 14.1 Å². The van der Waals surface area contributed by atoms with Crippen molar-refractivity contribution in [2.45, 2.75) is 19.9 Å². The zero-order chi connectivity index (χ0) is 24.4. The molecule has 0 fully saturated rings. The molecule has 2 aromatic carbocycles. The second-order valence-corrected chi connectivity index (χ2v) is 7.74. The van der Waals surface area contributed by atoms with Crippen LogP contribution in [0, 0.1) is 29.9 Å². The Morgan fingerprint density at radius 3 is 2.59 bits per heavy atom. The third kappa shape index (κ3) is 4.38. The lowest BCUT2D eigenvalue weighted by molar-refractivity contribution is 0.413. The van der Waals surface area contributed by atoms with Gasteiger partial charge in [0.2, 0.25) is 0 Å². The lowest BCUT2D eigenvalue weighted by atomic mass is 10.1. The molecule has 0 amide bonds. The number of anilines is 2. The van der Waals surface area contributed by atoms with E-state index in [-0.39, 0.29) is 16.8 Å². The maximum absolute atomic E-state index is 14.4. The van der Waals surface area contributed by atoms with Gasteiger partial charge in [-0.05, 0) is 38.1 Å². The van der Waals surface area contributed by atoms with Gasteiger partial charge in [0.15, 0.2) is 0 Å². The van der Waals surface area contributed by atoms with E-state index in [0.717, 1.165) is 23.5 Å². The molecule has 2 heterocycles. The molecule has 34 heavy (non-hydrogen) atoms. The number of methoxy groups -OCH3 is 1. The molecule has 0 bridgehead atoms. The summed E-state index contributed by atoms with van der Waals surface area (Å²) in [5.74, 6) is -0.940. The van der Waals surface area contributed by atoms with Gasteiger partial charge in [0.25, 0.3) is 5.56 Å². The van der Waals surface area contributed by atoms with Crippen LogP contribution in [0.3, 0.4) is 0 Å². The molecule has 0 saturated carbocycles. The number of nitrogens with zero attached hydrogens (tertiary/aromatic N) is 4. The molecule has 0 aliphatic carbocycles. The number of aromatic nitrogens is 3. The molecule has 0 aliphatic rings. The number of hydrogen-bond acceptors (Lipinski definition) is 5. The Labute approximate surface area is 194 Å². The number of ether oxygens (including phenoxy) is 1. The van der Waals surface area contributed by atoms with Crippen molar-refractivity contribution < 1.29 is 13.5 Å². The predicted octanol–water partition coefficient (Wildman–Crippen LogP) is 4.85. The molecule has 1 atom stereocenters. The van der Waals surface area contributed by atoms with Gasteiger partial charge >= 0.3 is 0 Å². The topological polar surface area (TPSA) is 84.9 Å². The average molecular weight is 461 g/mol. The van der Waals surface area contributed by atoms with Gasteiger partial charge in [-0.25, -0.2) is 13.8 Å². The van der Waals surface area contributed by atoms with Crippen LogP contribution < -0.4 is 15.6 Å². The van der Waals surface area contributed by atoms with Crippen molar-refractivity contribution in [2.24, 2.45) is 0 Å². The van der Waals surface area contributed by atoms with E-state index in [9.17, 15) is 18.8 Å². The zero-order valence-electron chi connectivity index (χ0n) is 18.7. The summed E-state index contributed by atoms with van der Waals surface area (Å²) in [5.41, 5.74) is 2.16. The molecule has 4 aromatic rings. The normalized spacial score (nSPS) is 11.6. The summed E-state index contributed by atoms with van der Waals surface area (Å²) in [6.45, 7) is 3.48. The summed E-state index contributed by atoms with van der Waals surface area (Å²) in [4.78, 5) is 17.5. The molecule has 2 aromatic heterocycles. The zero-order valence-corrected chi connectivity index (χ0v) is 18.7. The smallest absolute Gasteiger partial charge is 0.274 e. The molecule has 9 heteroatoms. The molecule has 7 nitrogen and oxygen atoms in total. The summed E-state index contributed by atoms with van der Waals surface area (Å²) in [6.07, 6.45) is 4.88. The third-order valence-corrected chi connectivity index (χ3v) is 5.45. The summed E-state index contributed by atoms with van der Waals surface area (Å²) in [6, 6.07) is 11.1. The quantitative estimate of drug-likeness (QED) is 0.444. The first kappa shape index (κ1) is 22.7. The van der Waals surface area contributed by atoms with E-state index in [2.05, 4.69) is 10.3 Å². The Kier molecular flexibility index (Phi) is 6.15.